The van der Waals surface area contributed by atoms with Gasteiger partial charge in [-0.05, 0) is 65.4 Å². The van der Waals surface area contributed by atoms with Gasteiger partial charge >= 0.3 is 5.97 Å². The summed E-state index contributed by atoms with van der Waals surface area (Å²) in [6.45, 7) is 4.04. The molecule has 0 heterocycles. The lowest BCUT2D eigenvalue weighted by molar-refractivity contribution is -0.139. The SMILES string of the molecule is COC(=O)Cc1cc2ccc(F)cc2c(Cc2ccc(C)cc2)c1C. The monoisotopic (exact) mass is 336 g/mol. The van der Waals surface area contributed by atoms with Gasteiger partial charge in [-0.1, -0.05) is 42.0 Å². The number of carbonyl (C=O) groups excluding carboxylic acids is 1. The van der Waals surface area contributed by atoms with Crippen LogP contribution in [-0.2, 0) is 22.4 Å². The second-order valence-electron chi connectivity index (χ2n) is 6.42. The normalized spacial score (nSPS) is 10.9. The van der Waals surface area contributed by atoms with Gasteiger partial charge in [-0.2, -0.15) is 0 Å². The van der Waals surface area contributed by atoms with E-state index in [0.29, 0.717) is 6.42 Å². The predicted molar refractivity (Wildman–Crippen MR) is 98.3 cm³/mol. The van der Waals surface area contributed by atoms with Crippen molar-refractivity contribution < 1.29 is 13.9 Å². The zero-order valence-electron chi connectivity index (χ0n) is 14.7. The van der Waals surface area contributed by atoms with Crippen molar-refractivity contribution in [1.29, 1.82) is 0 Å². The molecule has 3 heteroatoms. The Hall–Kier alpha value is -2.68. The summed E-state index contributed by atoms with van der Waals surface area (Å²) in [5, 5.41) is 1.83. The van der Waals surface area contributed by atoms with Crippen molar-refractivity contribution in [2.45, 2.75) is 26.7 Å². The summed E-state index contributed by atoms with van der Waals surface area (Å²) in [4.78, 5) is 11.7. The third kappa shape index (κ3) is 3.71. The van der Waals surface area contributed by atoms with Crippen LogP contribution in [0, 0.1) is 19.7 Å². The number of aryl methyl sites for hydroxylation is 1. The first kappa shape index (κ1) is 17.2. The van der Waals surface area contributed by atoms with Gasteiger partial charge < -0.3 is 4.74 Å². The highest BCUT2D eigenvalue weighted by atomic mass is 19.1. The van der Waals surface area contributed by atoms with Gasteiger partial charge in [0.05, 0.1) is 13.5 Å². The molecule has 0 atom stereocenters. The van der Waals surface area contributed by atoms with E-state index in [4.69, 9.17) is 4.74 Å². The summed E-state index contributed by atoms with van der Waals surface area (Å²) >= 11 is 0. The maximum atomic E-state index is 13.8. The first-order valence-corrected chi connectivity index (χ1v) is 8.31. The van der Waals surface area contributed by atoms with Crippen LogP contribution in [0.4, 0.5) is 4.39 Å². The minimum absolute atomic E-state index is 0.219. The number of rotatable bonds is 4. The minimum Gasteiger partial charge on any atom is -0.469 e. The van der Waals surface area contributed by atoms with E-state index in [-0.39, 0.29) is 18.2 Å². The predicted octanol–water partition coefficient (Wildman–Crippen LogP) is 4.90. The number of hydrogen-bond acceptors (Lipinski definition) is 2. The standard InChI is InChI=1S/C22H21FO2/c1-14-4-6-16(7-5-14)10-20-15(2)18(12-22(24)25-3)11-17-8-9-19(23)13-21(17)20/h4-9,11,13H,10,12H2,1-3H3. The van der Waals surface area contributed by atoms with Crippen LogP contribution in [0.15, 0.2) is 48.5 Å². The Morgan fingerprint density at radius 3 is 2.44 bits per heavy atom. The van der Waals surface area contributed by atoms with E-state index >= 15 is 0 Å². The highest BCUT2D eigenvalue weighted by Gasteiger charge is 2.14. The largest absolute Gasteiger partial charge is 0.469 e. The third-order valence-electron chi connectivity index (χ3n) is 4.67. The lowest BCUT2D eigenvalue weighted by Crippen LogP contribution is -2.08. The molecule has 0 spiro atoms. The van der Waals surface area contributed by atoms with Crippen LogP contribution in [-0.4, -0.2) is 13.1 Å². The Bertz CT molecular complexity index is 927. The second-order valence-corrected chi connectivity index (χ2v) is 6.42. The molecule has 0 fully saturated rings. The molecule has 0 aliphatic carbocycles. The summed E-state index contributed by atoms with van der Waals surface area (Å²) in [5.74, 6) is -0.524. The van der Waals surface area contributed by atoms with E-state index < -0.39 is 0 Å². The van der Waals surface area contributed by atoms with Crippen LogP contribution in [0.2, 0.25) is 0 Å². The fourth-order valence-electron chi connectivity index (χ4n) is 3.16. The average Bonchev–Trinajstić information content (AvgIpc) is 2.60. The molecule has 0 unspecified atom stereocenters. The first-order chi connectivity index (χ1) is 12.0. The van der Waals surface area contributed by atoms with Gasteiger partial charge in [0.2, 0.25) is 0 Å². The van der Waals surface area contributed by atoms with Crippen molar-refractivity contribution in [2.24, 2.45) is 0 Å². The molecule has 128 valence electrons. The fourth-order valence-corrected chi connectivity index (χ4v) is 3.16. The topological polar surface area (TPSA) is 26.3 Å². The number of carbonyl (C=O) groups is 1. The number of fused-ring (bicyclic) bond motifs is 1. The van der Waals surface area contributed by atoms with Gasteiger partial charge in [0.25, 0.3) is 0 Å². The van der Waals surface area contributed by atoms with Crippen molar-refractivity contribution in [1.82, 2.24) is 0 Å². The van der Waals surface area contributed by atoms with E-state index in [1.165, 1.54) is 18.7 Å². The number of halogens is 1. The van der Waals surface area contributed by atoms with Gasteiger partial charge in [-0.25, -0.2) is 4.39 Å². The molecule has 3 aromatic carbocycles. The quantitative estimate of drug-likeness (QED) is 0.633. The average molecular weight is 336 g/mol. The van der Waals surface area contributed by atoms with Gasteiger partial charge in [0.15, 0.2) is 0 Å². The van der Waals surface area contributed by atoms with Gasteiger partial charge in [-0.3, -0.25) is 4.79 Å². The van der Waals surface area contributed by atoms with Crippen molar-refractivity contribution >= 4 is 16.7 Å². The molecule has 0 saturated carbocycles. The summed E-state index contributed by atoms with van der Waals surface area (Å²) in [7, 11) is 1.39. The third-order valence-corrected chi connectivity index (χ3v) is 4.67. The van der Waals surface area contributed by atoms with Crippen LogP contribution < -0.4 is 0 Å². The van der Waals surface area contributed by atoms with Crippen molar-refractivity contribution in [3.8, 4) is 0 Å². The molecular formula is C22H21FO2. The Morgan fingerprint density at radius 2 is 1.76 bits per heavy atom. The molecule has 3 rings (SSSR count). The minimum atomic E-state index is -0.272. The molecule has 0 N–H and O–H groups in total. The van der Waals surface area contributed by atoms with E-state index in [1.54, 1.807) is 12.1 Å². The van der Waals surface area contributed by atoms with Crippen LogP contribution in [0.1, 0.15) is 27.8 Å². The molecule has 0 aliphatic heterocycles. The molecule has 0 radical (unpaired) electrons. The number of methoxy groups -OCH3 is 1. The highest BCUT2D eigenvalue weighted by Crippen LogP contribution is 2.29. The molecular weight excluding hydrogens is 315 g/mol. The molecule has 2 nitrogen and oxygen atoms in total. The van der Waals surface area contributed by atoms with Gasteiger partial charge in [-0.15, -0.1) is 0 Å². The smallest absolute Gasteiger partial charge is 0.309 e. The zero-order chi connectivity index (χ0) is 18.0. The Kier molecular flexibility index (Phi) is 4.84. The summed E-state index contributed by atoms with van der Waals surface area (Å²) in [5.41, 5.74) is 5.36. The van der Waals surface area contributed by atoms with E-state index in [2.05, 4.69) is 31.2 Å². The van der Waals surface area contributed by atoms with Gasteiger partial charge in [0, 0.05) is 0 Å². The van der Waals surface area contributed by atoms with E-state index in [0.717, 1.165) is 33.0 Å². The van der Waals surface area contributed by atoms with Crippen LogP contribution in [0.25, 0.3) is 10.8 Å². The van der Waals surface area contributed by atoms with Crippen LogP contribution in [0.5, 0.6) is 0 Å². The maximum absolute atomic E-state index is 13.8. The number of ether oxygens (including phenoxy) is 1. The Labute approximate surface area is 147 Å². The van der Waals surface area contributed by atoms with Gasteiger partial charge in [0.1, 0.15) is 5.82 Å². The van der Waals surface area contributed by atoms with Crippen molar-refractivity contribution in [2.75, 3.05) is 7.11 Å². The molecule has 0 aromatic heterocycles. The summed E-state index contributed by atoms with van der Waals surface area (Å²) in [6, 6.07) is 15.1. The number of esters is 1. The molecule has 3 aromatic rings. The lowest BCUT2D eigenvalue weighted by Gasteiger charge is -2.15. The Morgan fingerprint density at radius 1 is 1.04 bits per heavy atom. The number of benzene rings is 3. The Balaban J connectivity index is 2.15. The summed E-state index contributed by atoms with van der Waals surface area (Å²) < 4.78 is 18.6. The summed E-state index contributed by atoms with van der Waals surface area (Å²) in [6.07, 6.45) is 0.914. The zero-order valence-corrected chi connectivity index (χ0v) is 14.7. The first-order valence-electron chi connectivity index (χ1n) is 8.31. The van der Waals surface area contributed by atoms with Crippen LogP contribution in [0.3, 0.4) is 0 Å². The van der Waals surface area contributed by atoms with Crippen molar-refractivity contribution in [3.63, 3.8) is 0 Å². The van der Waals surface area contributed by atoms with E-state index in [1.807, 2.05) is 13.0 Å². The highest BCUT2D eigenvalue weighted by molar-refractivity contribution is 5.89. The second kappa shape index (κ2) is 7.06. The van der Waals surface area contributed by atoms with Crippen molar-refractivity contribution in [3.05, 3.63) is 82.2 Å². The lowest BCUT2D eigenvalue weighted by atomic mass is 9.89. The molecule has 0 bridgehead atoms. The van der Waals surface area contributed by atoms with E-state index in [9.17, 15) is 9.18 Å². The molecule has 0 saturated heterocycles. The molecule has 0 aliphatic rings. The molecule has 25 heavy (non-hydrogen) atoms. The number of hydrogen-bond donors (Lipinski definition) is 0. The fraction of sp³-hybridized carbons (Fsp3) is 0.227. The maximum Gasteiger partial charge on any atom is 0.309 e. The molecule has 0 amide bonds. The van der Waals surface area contributed by atoms with Crippen LogP contribution >= 0.6 is 0 Å².